The molecule has 0 aliphatic rings. The standard InChI is InChI=1S/C13H15BrFN3/c1-16-13(8-10-5-6-18(2)17-10)11-4-3-9(14)7-12(11)15/h3-7,13,16H,8H2,1-2H3. The lowest BCUT2D eigenvalue weighted by Crippen LogP contribution is -2.20. The Balaban J connectivity index is 2.22. The fourth-order valence-electron chi connectivity index (χ4n) is 1.93. The van der Waals surface area contributed by atoms with E-state index in [0.29, 0.717) is 12.0 Å². The molecule has 1 unspecified atom stereocenters. The molecule has 0 bridgehead atoms. The second-order valence-corrected chi connectivity index (χ2v) is 5.11. The van der Waals surface area contributed by atoms with E-state index < -0.39 is 0 Å². The van der Waals surface area contributed by atoms with Gasteiger partial charge in [0.15, 0.2) is 0 Å². The number of benzene rings is 1. The molecule has 1 aromatic heterocycles. The summed E-state index contributed by atoms with van der Waals surface area (Å²) in [4.78, 5) is 0. The van der Waals surface area contributed by atoms with E-state index in [9.17, 15) is 4.39 Å². The van der Waals surface area contributed by atoms with Gasteiger partial charge >= 0.3 is 0 Å². The molecule has 0 saturated heterocycles. The molecule has 96 valence electrons. The summed E-state index contributed by atoms with van der Waals surface area (Å²) in [5, 5.41) is 7.45. The van der Waals surface area contributed by atoms with Gasteiger partial charge in [0, 0.05) is 35.7 Å². The zero-order valence-electron chi connectivity index (χ0n) is 10.3. The number of hydrogen-bond acceptors (Lipinski definition) is 2. The third-order valence-corrected chi connectivity index (χ3v) is 3.36. The molecule has 3 nitrogen and oxygen atoms in total. The topological polar surface area (TPSA) is 29.9 Å². The summed E-state index contributed by atoms with van der Waals surface area (Å²) < 4.78 is 16.4. The van der Waals surface area contributed by atoms with Crippen molar-refractivity contribution >= 4 is 15.9 Å². The molecule has 0 aliphatic heterocycles. The van der Waals surface area contributed by atoms with Gasteiger partial charge in [0.2, 0.25) is 0 Å². The maximum absolute atomic E-state index is 13.9. The van der Waals surface area contributed by atoms with Crippen LogP contribution in [0.25, 0.3) is 0 Å². The van der Waals surface area contributed by atoms with Crippen LogP contribution >= 0.6 is 15.9 Å². The molecule has 5 heteroatoms. The number of nitrogens with zero attached hydrogens (tertiary/aromatic N) is 2. The minimum absolute atomic E-state index is 0.0759. The van der Waals surface area contributed by atoms with Gasteiger partial charge in [-0.05, 0) is 25.2 Å². The lowest BCUT2D eigenvalue weighted by atomic mass is 10.0. The summed E-state index contributed by atoms with van der Waals surface area (Å²) in [6.07, 6.45) is 2.55. The average molecular weight is 312 g/mol. The van der Waals surface area contributed by atoms with Crippen molar-refractivity contribution in [2.24, 2.45) is 7.05 Å². The van der Waals surface area contributed by atoms with Gasteiger partial charge in [-0.2, -0.15) is 5.10 Å². The van der Waals surface area contributed by atoms with Gasteiger partial charge in [0.1, 0.15) is 5.82 Å². The van der Waals surface area contributed by atoms with Crippen LogP contribution in [0.5, 0.6) is 0 Å². The Kier molecular flexibility index (Phi) is 4.14. The summed E-state index contributed by atoms with van der Waals surface area (Å²) in [7, 11) is 3.70. The SMILES string of the molecule is CNC(Cc1ccn(C)n1)c1ccc(Br)cc1F. The van der Waals surface area contributed by atoms with Crippen molar-refractivity contribution in [1.82, 2.24) is 15.1 Å². The van der Waals surface area contributed by atoms with E-state index in [0.717, 1.165) is 10.2 Å². The molecular weight excluding hydrogens is 297 g/mol. The molecule has 0 saturated carbocycles. The van der Waals surface area contributed by atoms with Crippen LogP contribution < -0.4 is 5.32 Å². The predicted molar refractivity (Wildman–Crippen MR) is 72.8 cm³/mol. The largest absolute Gasteiger partial charge is 0.313 e. The Morgan fingerprint density at radius 2 is 2.22 bits per heavy atom. The summed E-state index contributed by atoms with van der Waals surface area (Å²) in [6, 6.07) is 7.00. The zero-order chi connectivity index (χ0) is 13.1. The molecule has 0 fully saturated rings. The number of aryl methyl sites for hydroxylation is 1. The molecule has 0 aliphatic carbocycles. The van der Waals surface area contributed by atoms with E-state index in [1.807, 2.05) is 32.4 Å². The van der Waals surface area contributed by atoms with Crippen LogP contribution in [-0.4, -0.2) is 16.8 Å². The van der Waals surface area contributed by atoms with E-state index in [-0.39, 0.29) is 11.9 Å². The monoisotopic (exact) mass is 311 g/mol. The third-order valence-electron chi connectivity index (χ3n) is 2.87. The second kappa shape index (κ2) is 5.63. The van der Waals surface area contributed by atoms with Crippen LogP contribution in [0.2, 0.25) is 0 Å². The fourth-order valence-corrected chi connectivity index (χ4v) is 2.27. The van der Waals surface area contributed by atoms with Gasteiger partial charge in [-0.3, -0.25) is 4.68 Å². The summed E-state index contributed by atoms with van der Waals surface area (Å²) in [5.41, 5.74) is 1.60. The molecule has 0 spiro atoms. The highest BCUT2D eigenvalue weighted by Crippen LogP contribution is 2.23. The summed E-state index contributed by atoms with van der Waals surface area (Å²) in [6.45, 7) is 0. The highest BCUT2D eigenvalue weighted by molar-refractivity contribution is 9.10. The number of aromatic nitrogens is 2. The molecular formula is C13H15BrFN3. The predicted octanol–water partition coefficient (Wildman–Crippen LogP) is 2.82. The number of hydrogen-bond donors (Lipinski definition) is 1. The van der Waals surface area contributed by atoms with Gasteiger partial charge in [-0.15, -0.1) is 0 Å². The van der Waals surface area contributed by atoms with E-state index in [1.165, 1.54) is 6.07 Å². The highest BCUT2D eigenvalue weighted by atomic mass is 79.9. The summed E-state index contributed by atoms with van der Waals surface area (Å²) in [5.74, 6) is -0.209. The van der Waals surface area contributed by atoms with Crippen LogP contribution in [0.15, 0.2) is 34.9 Å². The Hall–Kier alpha value is -1.20. The van der Waals surface area contributed by atoms with Gasteiger partial charge in [0.25, 0.3) is 0 Å². The highest BCUT2D eigenvalue weighted by Gasteiger charge is 2.15. The molecule has 1 heterocycles. The zero-order valence-corrected chi connectivity index (χ0v) is 11.9. The van der Waals surface area contributed by atoms with Crippen molar-refractivity contribution in [3.05, 3.63) is 52.0 Å². The number of halogens is 2. The molecule has 1 aromatic carbocycles. The first kappa shape index (κ1) is 13.2. The lowest BCUT2D eigenvalue weighted by Gasteiger charge is -2.16. The minimum Gasteiger partial charge on any atom is -0.313 e. The lowest BCUT2D eigenvalue weighted by molar-refractivity contribution is 0.527. The van der Waals surface area contributed by atoms with Crippen molar-refractivity contribution in [1.29, 1.82) is 0 Å². The van der Waals surface area contributed by atoms with Crippen molar-refractivity contribution in [2.75, 3.05) is 7.05 Å². The fraction of sp³-hybridized carbons (Fsp3) is 0.308. The average Bonchev–Trinajstić information content (AvgIpc) is 2.72. The Labute approximate surface area is 114 Å². The first-order chi connectivity index (χ1) is 8.60. The van der Waals surface area contributed by atoms with Crippen LogP contribution in [0.1, 0.15) is 17.3 Å². The van der Waals surface area contributed by atoms with Gasteiger partial charge in [-0.1, -0.05) is 22.0 Å². The molecule has 18 heavy (non-hydrogen) atoms. The first-order valence-electron chi connectivity index (χ1n) is 5.71. The molecule has 0 radical (unpaired) electrons. The molecule has 2 rings (SSSR count). The molecule has 1 atom stereocenters. The third kappa shape index (κ3) is 2.97. The van der Waals surface area contributed by atoms with E-state index in [1.54, 1.807) is 10.7 Å². The second-order valence-electron chi connectivity index (χ2n) is 4.19. The first-order valence-corrected chi connectivity index (χ1v) is 6.50. The number of likely N-dealkylation sites (N-methyl/N-ethyl adjacent to an activating group) is 1. The number of nitrogens with one attached hydrogen (secondary N) is 1. The van der Waals surface area contributed by atoms with Gasteiger partial charge in [-0.25, -0.2) is 4.39 Å². The summed E-state index contributed by atoms with van der Waals surface area (Å²) >= 11 is 3.26. The van der Waals surface area contributed by atoms with Gasteiger partial charge in [0.05, 0.1) is 5.69 Å². The van der Waals surface area contributed by atoms with Crippen molar-refractivity contribution in [3.63, 3.8) is 0 Å². The molecule has 2 aromatic rings. The van der Waals surface area contributed by atoms with Crippen molar-refractivity contribution < 1.29 is 4.39 Å². The Morgan fingerprint density at radius 1 is 1.44 bits per heavy atom. The smallest absolute Gasteiger partial charge is 0.129 e. The maximum Gasteiger partial charge on any atom is 0.129 e. The maximum atomic E-state index is 13.9. The number of rotatable bonds is 4. The van der Waals surface area contributed by atoms with Crippen molar-refractivity contribution in [2.45, 2.75) is 12.5 Å². The van der Waals surface area contributed by atoms with E-state index in [4.69, 9.17) is 0 Å². The van der Waals surface area contributed by atoms with Crippen molar-refractivity contribution in [3.8, 4) is 0 Å². The Morgan fingerprint density at radius 3 is 2.78 bits per heavy atom. The van der Waals surface area contributed by atoms with E-state index in [2.05, 4.69) is 26.3 Å². The Bertz CT molecular complexity index is 539. The quantitative estimate of drug-likeness (QED) is 0.941. The normalized spacial score (nSPS) is 12.7. The van der Waals surface area contributed by atoms with Crippen LogP contribution in [0, 0.1) is 5.82 Å². The van der Waals surface area contributed by atoms with Crippen LogP contribution in [-0.2, 0) is 13.5 Å². The van der Waals surface area contributed by atoms with Gasteiger partial charge < -0.3 is 5.32 Å². The molecule has 1 N–H and O–H groups in total. The van der Waals surface area contributed by atoms with Crippen LogP contribution in [0.3, 0.4) is 0 Å². The minimum atomic E-state index is -0.209. The van der Waals surface area contributed by atoms with Crippen LogP contribution in [0.4, 0.5) is 4.39 Å². The van der Waals surface area contributed by atoms with E-state index >= 15 is 0 Å². The molecule has 0 amide bonds.